The van der Waals surface area contributed by atoms with E-state index in [1.807, 2.05) is 7.05 Å². The summed E-state index contributed by atoms with van der Waals surface area (Å²) in [7, 11) is 1.82. The van der Waals surface area contributed by atoms with Gasteiger partial charge in [-0.05, 0) is 33.1 Å². The molecule has 0 spiro atoms. The monoisotopic (exact) mass is 521 g/mol. The highest BCUT2D eigenvalue weighted by atomic mass is 127. The number of morpholine rings is 1. The minimum atomic E-state index is 0. The van der Waals surface area contributed by atoms with Gasteiger partial charge >= 0.3 is 0 Å². The first kappa shape index (κ1) is 24.7. The quantitative estimate of drug-likeness (QED) is 0.330. The van der Waals surface area contributed by atoms with Crippen molar-refractivity contribution in [3.63, 3.8) is 0 Å². The van der Waals surface area contributed by atoms with Crippen molar-refractivity contribution in [1.82, 2.24) is 20.4 Å². The highest BCUT2D eigenvalue weighted by molar-refractivity contribution is 14.0. The molecule has 3 aliphatic rings. The Labute approximate surface area is 193 Å². The van der Waals surface area contributed by atoms with Crippen LogP contribution in [0.25, 0.3) is 0 Å². The van der Waals surface area contributed by atoms with E-state index in [9.17, 15) is 4.79 Å². The molecule has 2 aliphatic heterocycles. The number of hydrogen-bond donors (Lipinski definition) is 2. The van der Waals surface area contributed by atoms with E-state index in [1.54, 1.807) is 0 Å². The van der Waals surface area contributed by atoms with Crippen LogP contribution in [0.1, 0.15) is 52.4 Å². The molecule has 0 bridgehead atoms. The van der Waals surface area contributed by atoms with E-state index in [0.717, 1.165) is 64.6 Å². The first-order valence-electron chi connectivity index (χ1n) is 11.2. The van der Waals surface area contributed by atoms with E-state index in [0.29, 0.717) is 18.0 Å². The minimum absolute atomic E-state index is 0. The summed E-state index contributed by atoms with van der Waals surface area (Å²) in [6, 6.07) is 1.16. The van der Waals surface area contributed by atoms with Gasteiger partial charge in [-0.1, -0.05) is 19.3 Å². The molecule has 0 radical (unpaired) electrons. The number of nitrogens with zero attached hydrogens (tertiary/aromatic N) is 3. The van der Waals surface area contributed by atoms with Crippen LogP contribution in [-0.4, -0.2) is 86.2 Å². The number of nitrogens with one attached hydrogen (secondary N) is 2. The highest BCUT2D eigenvalue weighted by Crippen LogP contribution is 2.26. The normalized spacial score (nSPS) is 28.0. The van der Waals surface area contributed by atoms with Crippen LogP contribution in [0.5, 0.6) is 0 Å². The lowest BCUT2D eigenvalue weighted by Crippen LogP contribution is -2.54. The fraction of sp³-hybridized carbons (Fsp3) is 0.905. The van der Waals surface area contributed by atoms with Gasteiger partial charge in [0.05, 0.1) is 13.2 Å². The molecular weight excluding hydrogens is 481 g/mol. The lowest BCUT2D eigenvalue weighted by molar-refractivity contribution is -0.135. The molecule has 2 heterocycles. The predicted octanol–water partition coefficient (Wildman–Crippen LogP) is 2.06. The molecule has 3 fully saturated rings. The summed E-state index contributed by atoms with van der Waals surface area (Å²) in [5, 5.41) is 7.00. The molecule has 3 atom stereocenters. The van der Waals surface area contributed by atoms with E-state index in [-0.39, 0.29) is 35.9 Å². The number of halogens is 1. The summed E-state index contributed by atoms with van der Waals surface area (Å²) in [4.78, 5) is 21.7. The van der Waals surface area contributed by atoms with Crippen molar-refractivity contribution < 1.29 is 9.53 Å². The second-order valence-corrected chi connectivity index (χ2v) is 8.71. The van der Waals surface area contributed by atoms with E-state index in [4.69, 9.17) is 4.74 Å². The minimum Gasteiger partial charge on any atom is -0.379 e. The Hall–Kier alpha value is -0.610. The Balaban J connectivity index is 0.00000300. The molecule has 0 aromatic heterocycles. The first-order chi connectivity index (χ1) is 13.6. The van der Waals surface area contributed by atoms with E-state index in [1.165, 1.54) is 19.3 Å². The van der Waals surface area contributed by atoms with Crippen LogP contribution in [0.15, 0.2) is 4.99 Å². The van der Waals surface area contributed by atoms with Gasteiger partial charge in [-0.25, -0.2) is 0 Å². The van der Waals surface area contributed by atoms with Crippen LogP contribution in [-0.2, 0) is 9.53 Å². The number of ether oxygens (including phenoxy) is 1. The van der Waals surface area contributed by atoms with Crippen molar-refractivity contribution in [1.29, 1.82) is 0 Å². The average molecular weight is 521 g/mol. The van der Waals surface area contributed by atoms with Crippen molar-refractivity contribution >= 4 is 35.8 Å². The molecule has 3 unspecified atom stereocenters. The van der Waals surface area contributed by atoms with Gasteiger partial charge in [0.1, 0.15) is 0 Å². The second kappa shape index (κ2) is 12.3. The maximum absolute atomic E-state index is 12.8. The van der Waals surface area contributed by atoms with Crippen molar-refractivity contribution in [2.75, 3.05) is 46.4 Å². The zero-order chi connectivity index (χ0) is 19.9. The Bertz CT molecular complexity index is 541. The third kappa shape index (κ3) is 6.95. The molecule has 1 saturated carbocycles. The molecule has 7 nitrogen and oxygen atoms in total. The van der Waals surface area contributed by atoms with Crippen LogP contribution < -0.4 is 10.6 Å². The number of hydrogen-bond acceptors (Lipinski definition) is 4. The highest BCUT2D eigenvalue weighted by Gasteiger charge is 2.32. The standard InChI is InChI=1S/C21H39N5O2.HI/c1-16(26-11-12-28-15-17(26)2)13-23-21(22-3)24-19-9-10-25(14-19)20(27)18-7-5-4-6-8-18;/h16-19H,4-15H2,1-3H3,(H2,22,23,24);1H. The van der Waals surface area contributed by atoms with Crippen molar-refractivity contribution in [3.8, 4) is 0 Å². The summed E-state index contributed by atoms with van der Waals surface area (Å²) in [6.07, 6.45) is 6.86. The Morgan fingerprint density at radius 3 is 2.66 bits per heavy atom. The van der Waals surface area contributed by atoms with Gasteiger partial charge in [0.15, 0.2) is 5.96 Å². The Morgan fingerprint density at radius 1 is 1.21 bits per heavy atom. The van der Waals surface area contributed by atoms with Crippen LogP contribution >= 0.6 is 24.0 Å². The van der Waals surface area contributed by atoms with Crippen LogP contribution in [0.4, 0.5) is 0 Å². The average Bonchev–Trinajstić information content (AvgIpc) is 3.19. The summed E-state index contributed by atoms with van der Waals surface area (Å²) in [5.74, 6) is 1.48. The summed E-state index contributed by atoms with van der Waals surface area (Å²) in [6.45, 7) is 9.59. The van der Waals surface area contributed by atoms with Crippen LogP contribution in [0, 0.1) is 5.92 Å². The number of likely N-dealkylation sites (tertiary alicyclic amines) is 1. The fourth-order valence-electron chi connectivity index (χ4n) is 4.83. The topological polar surface area (TPSA) is 69.2 Å². The summed E-state index contributed by atoms with van der Waals surface area (Å²) >= 11 is 0. The van der Waals surface area contributed by atoms with Crippen LogP contribution in [0.3, 0.4) is 0 Å². The molecular formula is C21H40IN5O2. The SMILES string of the molecule is CN=C(NCC(C)N1CCOCC1C)NC1CCN(C(=O)C2CCCCC2)C1.I. The van der Waals surface area contributed by atoms with Gasteiger partial charge in [-0.2, -0.15) is 0 Å². The molecule has 8 heteroatoms. The van der Waals surface area contributed by atoms with Crippen molar-refractivity contribution in [2.24, 2.45) is 10.9 Å². The fourth-order valence-corrected chi connectivity index (χ4v) is 4.83. The Morgan fingerprint density at radius 2 is 1.97 bits per heavy atom. The zero-order valence-electron chi connectivity index (χ0n) is 18.4. The molecule has 2 N–H and O–H groups in total. The lowest BCUT2D eigenvalue weighted by Gasteiger charge is -2.38. The predicted molar refractivity (Wildman–Crippen MR) is 128 cm³/mol. The van der Waals surface area contributed by atoms with E-state index >= 15 is 0 Å². The zero-order valence-corrected chi connectivity index (χ0v) is 20.7. The third-order valence-electron chi connectivity index (χ3n) is 6.57. The van der Waals surface area contributed by atoms with Crippen molar-refractivity contribution in [2.45, 2.75) is 70.5 Å². The number of carbonyl (C=O) groups excluding carboxylic acids is 1. The summed E-state index contributed by atoms with van der Waals surface area (Å²) < 4.78 is 5.54. The maximum Gasteiger partial charge on any atom is 0.225 e. The van der Waals surface area contributed by atoms with Gasteiger partial charge in [-0.3, -0.25) is 14.7 Å². The molecule has 3 rings (SSSR count). The third-order valence-corrected chi connectivity index (χ3v) is 6.57. The van der Waals surface area contributed by atoms with Gasteiger partial charge in [-0.15, -0.1) is 24.0 Å². The number of aliphatic imine (C=N–C) groups is 1. The molecule has 168 valence electrons. The maximum atomic E-state index is 12.8. The second-order valence-electron chi connectivity index (χ2n) is 8.71. The van der Waals surface area contributed by atoms with Gasteiger partial charge in [0, 0.05) is 57.3 Å². The lowest BCUT2D eigenvalue weighted by atomic mass is 9.88. The van der Waals surface area contributed by atoms with E-state index in [2.05, 4.69) is 39.3 Å². The molecule has 1 amide bonds. The van der Waals surface area contributed by atoms with E-state index < -0.39 is 0 Å². The Kier molecular flexibility index (Phi) is 10.5. The van der Waals surface area contributed by atoms with Crippen LogP contribution in [0.2, 0.25) is 0 Å². The smallest absolute Gasteiger partial charge is 0.225 e. The van der Waals surface area contributed by atoms with Gasteiger partial charge in [0.25, 0.3) is 0 Å². The molecule has 0 aromatic rings. The molecule has 1 aliphatic carbocycles. The molecule has 2 saturated heterocycles. The number of amides is 1. The largest absolute Gasteiger partial charge is 0.379 e. The number of rotatable bonds is 5. The molecule has 0 aromatic carbocycles. The number of guanidine groups is 1. The number of carbonyl (C=O) groups is 1. The summed E-state index contributed by atoms with van der Waals surface area (Å²) in [5.41, 5.74) is 0. The van der Waals surface area contributed by atoms with Crippen molar-refractivity contribution in [3.05, 3.63) is 0 Å². The molecule has 29 heavy (non-hydrogen) atoms. The van der Waals surface area contributed by atoms with Gasteiger partial charge < -0.3 is 20.3 Å². The van der Waals surface area contributed by atoms with Gasteiger partial charge in [0.2, 0.25) is 5.91 Å². The first-order valence-corrected chi connectivity index (χ1v) is 11.2.